The van der Waals surface area contributed by atoms with Gasteiger partial charge in [-0.1, -0.05) is 138 Å². The lowest BCUT2D eigenvalue weighted by atomic mass is 10.0. The first-order valence-electron chi connectivity index (χ1n) is 14.3. The lowest BCUT2D eigenvalue weighted by molar-refractivity contribution is 0.163. The van der Waals surface area contributed by atoms with Crippen molar-refractivity contribution in [2.24, 2.45) is 0 Å². The highest BCUT2D eigenvalue weighted by Crippen LogP contribution is 2.21. The zero-order chi connectivity index (χ0) is 24.8. The van der Waals surface area contributed by atoms with Gasteiger partial charge in [-0.25, -0.2) is 0 Å². The van der Waals surface area contributed by atoms with E-state index in [0.717, 1.165) is 36.8 Å². The second-order valence-corrected chi connectivity index (χ2v) is 11.2. The Morgan fingerprint density at radius 1 is 0.429 bits per heavy atom. The van der Waals surface area contributed by atoms with Crippen molar-refractivity contribution in [3.05, 3.63) is 71.8 Å². The maximum Gasteiger partial charge on any atom is 0.0790 e. The van der Waals surface area contributed by atoms with Crippen LogP contribution in [0.2, 0.25) is 0 Å². The second kappa shape index (κ2) is 20.9. The Labute approximate surface area is 219 Å². The summed E-state index contributed by atoms with van der Waals surface area (Å²) < 4.78 is 0. The van der Waals surface area contributed by atoms with Gasteiger partial charge >= 0.3 is 0 Å². The molecule has 0 fully saturated rings. The first kappa shape index (κ1) is 29.9. The zero-order valence-corrected chi connectivity index (χ0v) is 22.8. The van der Waals surface area contributed by atoms with Crippen LogP contribution < -0.4 is 0 Å². The molecule has 35 heavy (non-hydrogen) atoms. The van der Waals surface area contributed by atoms with E-state index in [9.17, 15) is 10.2 Å². The summed E-state index contributed by atoms with van der Waals surface area (Å²) in [6, 6.07) is 20.1. The van der Waals surface area contributed by atoms with Crippen LogP contribution in [0.25, 0.3) is 0 Å². The van der Waals surface area contributed by atoms with Crippen LogP contribution in [-0.4, -0.2) is 21.7 Å². The summed E-state index contributed by atoms with van der Waals surface area (Å²) in [5, 5.41) is 20.4. The summed E-state index contributed by atoms with van der Waals surface area (Å²) >= 11 is 2.14. The average molecular weight is 499 g/mol. The smallest absolute Gasteiger partial charge is 0.0790 e. The van der Waals surface area contributed by atoms with Crippen LogP contribution in [-0.2, 0) is 0 Å². The standard InChI is InChI=1S/C32H50O2S/c33-31(29-21-13-11-14-22-29)25-17-7-3-1-5-9-19-27-35-28-20-10-6-2-4-8-18-26-32(34)30-23-15-12-16-24-30/h11-16,21-24,31-34H,1-10,17-20,25-28H2. The van der Waals surface area contributed by atoms with E-state index < -0.39 is 0 Å². The van der Waals surface area contributed by atoms with E-state index in [2.05, 4.69) is 11.8 Å². The lowest BCUT2D eigenvalue weighted by Crippen LogP contribution is -1.96. The van der Waals surface area contributed by atoms with Crippen molar-refractivity contribution in [3.8, 4) is 0 Å². The van der Waals surface area contributed by atoms with Crippen LogP contribution in [0.3, 0.4) is 0 Å². The SMILES string of the molecule is OC(CCCCCCCCCSCCCCCCCCCC(O)c1ccccc1)c1ccccc1. The highest BCUT2D eigenvalue weighted by molar-refractivity contribution is 7.99. The van der Waals surface area contributed by atoms with Gasteiger partial charge in [0.25, 0.3) is 0 Å². The Morgan fingerprint density at radius 2 is 0.743 bits per heavy atom. The van der Waals surface area contributed by atoms with Crippen molar-refractivity contribution >= 4 is 11.8 Å². The summed E-state index contributed by atoms with van der Waals surface area (Å²) in [6.45, 7) is 0. The third kappa shape index (κ3) is 15.4. The minimum Gasteiger partial charge on any atom is -0.388 e. The molecular formula is C32H50O2S. The van der Waals surface area contributed by atoms with Crippen molar-refractivity contribution in [1.29, 1.82) is 0 Å². The van der Waals surface area contributed by atoms with Crippen LogP contribution in [0.1, 0.15) is 126 Å². The Balaban J connectivity index is 1.24. The third-order valence-electron chi connectivity index (χ3n) is 6.90. The molecule has 2 unspecified atom stereocenters. The molecule has 0 saturated carbocycles. The molecule has 0 radical (unpaired) electrons. The summed E-state index contributed by atoms with van der Waals surface area (Å²) in [5.74, 6) is 2.65. The van der Waals surface area contributed by atoms with Crippen LogP contribution in [0.4, 0.5) is 0 Å². The van der Waals surface area contributed by atoms with E-state index in [1.807, 2.05) is 60.7 Å². The molecule has 3 heteroatoms. The van der Waals surface area contributed by atoms with Crippen molar-refractivity contribution in [1.82, 2.24) is 0 Å². The van der Waals surface area contributed by atoms with Crippen LogP contribution in [0, 0.1) is 0 Å². The number of aliphatic hydroxyl groups is 2. The topological polar surface area (TPSA) is 40.5 Å². The maximum atomic E-state index is 10.2. The molecule has 0 spiro atoms. The number of benzene rings is 2. The molecule has 2 aromatic carbocycles. The summed E-state index contributed by atoms with van der Waals surface area (Å²) in [7, 11) is 0. The predicted molar refractivity (Wildman–Crippen MR) is 154 cm³/mol. The maximum absolute atomic E-state index is 10.2. The molecule has 2 rings (SSSR count). The van der Waals surface area contributed by atoms with Gasteiger partial charge in [0.05, 0.1) is 12.2 Å². The molecule has 0 aliphatic heterocycles. The molecule has 0 amide bonds. The molecule has 2 nitrogen and oxygen atoms in total. The van der Waals surface area contributed by atoms with Gasteiger partial charge in [-0.05, 0) is 48.3 Å². The lowest BCUT2D eigenvalue weighted by Gasteiger charge is -2.10. The monoisotopic (exact) mass is 498 g/mol. The number of thioether (sulfide) groups is 1. The van der Waals surface area contributed by atoms with E-state index in [1.165, 1.54) is 88.6 Å². The molecule has 2 aromatic rings. The third-order valence-corrected chi connectivity index (χ3v) is 8.06. The summed E-state index contributed by atoms with van der Waals surface area (Å²) in [4.78, 5) is 0. The normalized spacial score (nSPS) is 13.1. The van der Waals surface area contributed by atoms with Crippen molar-refractivity contribution in [2.45, 2.75) is 115 Å². The number of hydrogen-bond acceptors (Lipinski definition) is 3. The van der Waals surface area contributed by atoms with Crippen molar-refractivity contribution < 1.29 is 10.2 Å². The largest absolute Gasteiger partial charge is 0.388 e. The summed E-state index contributed by atoms with van der Waals surface area (Å²) in [5.41, 5.74) is 2.10. The fourth-order valence-electron chi connectivity index (χ4n) is 4.64. The molecule has 0 aliphatic rings. The van der Waals surface area contributed by atoms with Crippen LogP contribution >= 0.6 is 11.8 Å². The van der Waals surface area contributed by atoms with E-state index in [4.69, 9.17) is 0 Å². The second-order valence-electron chi connectivity index (χ2n) is 9.99. The number of aliphatic hydroxyl groups excluding tert-OH is 2. The molecule has 0 aliphatic carbocycles. The fraction of sp³-hybridized carbons (Fsp3) is 0.625. The zero-order valence-electron chi connectivity index (χ0n) is 22.0. The Hall–Kier alpha value is -1.29. The Morgan fingerprint density at radius 3 is 1.11 bits per heavy atom. The fourth-order valence-corrected chi connectivity index (χ4v) is 5.66. The predicted octanol–water partition coefficient (Wildman–Crippen LogP) is 9.43. The first-order valence-corrected chi connectivity index (χ1v) is 15.5. The Kier molecular flexibility index (Phi) is 17.8. The van der Waals surface area contributed by atoms with Gasteiger partial charge in [-0.15, -0.1) is 0 Å². The number of unbranched alkanes of at least 4 members (excludes halogenated alkanes) is 12. The highest BCUT2D eigenvalue weighted by Gasteiger charge is 2.06. The van der Waals surface area contributed by atoms with E-state index in [1.54, 1.807) is 0 Å². The van der Waals surface area contributed by atoms with Gasteiger partial charge in [0.1, 0.15) is 0 Å². The van der Waals surface area contributed by atoms with E-state index in [0.29, 0.717) is 0 Å². The molecule has 0 heterocycles. The Bertz CT molecular complexity index is 645. The molecule has 196 valence electrons. The number of hydrogen-bond donors (Lipinski definition) is 2. The summed E-state index contributed by atoms with van der Waals surface area (Å²) in [6.07, 6.45) is 19.5. The molecule has 2 atom stereocenters. The van der Waals surface area contributed by atoms with Crippen molar-refractivity contribution in [2.75, 3.05) is 11.5 Å². The van der Waals surface area contributed by atoms with Gasteiger partial charge < -0.3 is 10.2 Å². The van der Waals surface area contributed by atoms with E-state index >= 15 is 0 Å². The van der Waals surface area contributed by atoms with Gasteiger partial charge in [0.15, 0.2) is 0 Å². The van der Waals surface area contributed by atoms with Gasteiger partial charge in [0.2, 0.25) is 0 Å². The highest BCUT2D eigenvalue weighted by atomic mass is 32.2. The van der Waals surface area contributed by atoms with Gasteiger partial charge in [0, 0.05) is 0 Å². The molecule has 2 N–H and O–H groups in total. The van der Waals surface area contributed by atoms with Gasteiger partial charge in [-0.2, -0.15) is 11.8 Å². The van der Waals surface area contributed by atoms with Crippen LogP contribution in [0.15, 0.2) is 60.7 Å². The first-order chi connectivity index (χ1) is 17.3. The average Bonchev–Trinajstić information content (AvgIpc) is 2.90. The minimum absolute atomic E-state index is 0.293. The minimum atomic E-state index is -0.293. The number of rotatable bonds is 22. The molecule has 0 aromatic heterocycles. The molecule has 0 bridgehead atoms. The van der Waals surface area contributed by atoms with Gasteiger partial charge in [-0.3, -0.25) is 0 Å². The molecular weight excluding hydrogens is 448 g/mol. The molecule has 0 saturated heterocycles. The van der Waals surface area contributed by atoms with Crippen LogP contribution in [0.5, 0.6) is 0 Å². The van der Waals surface area contributed by atoms with E-state index in [-0.39, 0.29) is 12.2 Å². The quantitative estimate of drug-likeness (QED) is 0.159. The van der Waals surface area contributed by atoms with Crippen molar-refractivity contribution in [3.63, 3.8) is 0 Å².